The smallest absolute Gasteiger partial charge is 0.450 e. The molecule has 0 saturated carbocycles. The Labute approximate surface area is 148 Å². The lowest BCUT2D eigenvalue weighted by atomic mass is 10.0. The van der Waals surface area contributed by atoms with E-state index in [0.717, 1.165) is 25.7 Å². The minimum Gasteiger partial charge on any atom is -0.450 e. The highest BCUT2D eigenvalue weighted by molar-refractivity contribution is 6.60. The molecule has 0 aliphatic heterocycles. The fourth-order valence-electron chi connectivity index (χ4n) is 2.35. The van der Waals surface area contributed by atoms with Crippen LogP contribution in [0.4, 0.5) is 4.79 Å². The van der Waals surface area contributed by atoms with Crippen LogP contribution in [-0.2, 0) is 18.0 Å². The van der Waals surface area contributed by atoms with Gasteiger partial charge in [0.1, 0.15) is 0 Å². The molecular weight excluding hydrogens is 326 g/mol. The Kier molecular flexibility index (Phi) is 14.3. The molecule has 0 aromatic heterocycles. The molecular formula is C17H37NO5Si. The number of rotatable bonds is 15. The van der Waals surface area contributed by atoms with E-state index >= 15 is 0 Å². The number of alkyl carbamates (subject to hydrolysis) is 1. The third-order valence-electron chi connectivity index (χ3n) is 3.79. The molecule has 24 heavy (non-hydrogen) atoms. The Morgan fingerprint density at radius 2 is 1.58 bits per heavy atom. The van der Waals surface area contributed by atoms with Crippen LogP contribution in [0.15, 0.2) is 0 Å². The molecule has 6 nitrogen and oxygen atoms in total. The van der Waals surface area contributed by atoms with Gasteiger partial charge in [-0.1, -0.05) is 20.3 Å². The second kappa shape index (κ2) is 14.7. The third kappa shape index (κ3) is 11.0. The van der Waals surface area contributed by atoms with Crippen LogP contribution < -0.4 is 5.32 Å². The molecule has 7 heteroatoms. The van der Waals surface area contributed by atoms with E-state index in [-0.39, 0.29) is 6.09 Å². The zero-order chi connectivity index (χ0) is 18.3. The number of nitrogens with one attached hydrogen (secondary N) is 1. The molecule has 1 atom stereocenters. The lowest BCUT2D eigenvalue weighted by Gasteiger charge is -2.28. The summed E-state index contributed by atoms with van der Waals surface area (Å²) in [5, 5.41) is 2.78. The molecule has 0 aliphatic carbocycles. The number of ether oxygens (including phenoxy) is 1. The monoisotopic (exact) mass is 363 g/mol. The molecule has 0 radical (unpaired) electrons. The Balaban J connectivity index is 3.95. The van der Waals surface area contributed by atoms with Crippen LogP contribution in [0.1, 0.15) is 60.3 Å². The summed E-state index contributed by atoms with van der Waals surface area (Å²) in [7, 11) is -2.61. The van der Waals surface area contributed by atoms with Gasteiger partial charge in [-0.3, -0.25) is 0 Å². The molecule has 0 spiro atoms. The summed E-state index contributed by atoms with van der Waals surface area (Å²) < 4.78 is 22.5. The minimum atomic E-state index is -2.61. The van der Waals surface area contributed by atoms with Gasteiger partial charge in [0.25, 0.3) is 0 Å². The summed E-state index contributed by atoms with van der Waals surface area (Å²) in [6, 6.07) is 0.691. The van der Waals surface area contributed by atoms with Crippen molar-refractivity contribution in [3.63, 3.8) is 0 Å². The van der Waals surface area contributed by atoms with E-state index in [1.165, 1.54) is 0 Å². The van der Waals surface area contributed by atoms with Crippen molar-refractivity contribution < 1.29 is 22.8 Å². The number of amides is 1. The highest BCUT2D eigenvalue weighted by atomic mass is 28.4. The van der Waals surface area contributed by atoms with Crippen LogP contribution in [0, 0.1) is 5.92 Å². The van der Waals surface area contributed by atoms with Gasteiger partial charge in [0.2, 0.25) is 0 Å². The van der Waals surface area contributed by atoms with E-state index in [4.69, 9.17) is 18.0 Å². The molecule has 0 aromatic carbocycles. The highest BCUT2D eigenvalue weighted by Crippen LogP contribution is 2.17. The maximum absolute atomic E-state index is 11.6. The van der Waals surface area contributed by atoms with Crippen molar-refractivity contribution in [1.82, 2.24) is 5.32 Å². The molecule has 0 rings (SSSR count). The molecule has 0 aliphatic rings. The summed E-state index contributed by atoms with van der Waals surface area (Å²) in [4.78, 5) is 11.6. The van der Waals surface area contributed by atoms with Gasteiger partial charge in [0.15, 0.2) is 0 Å². The van der Waals surface area contributed by atoms with Gasteiger partial charge >= 0.3 is 14.9 Å². The summed E-state index contributed by atoms with van der Waals surface area (Å²) in [5.74, 6) is 0.686. The number of carbonyl (C=O) groups is 1. The Bertz CT molecular complexity index is 300. The first-order chi connectivity index (χ1) is 11.5. The number of carbonyl (C=O) groups excluding carboxylic acids is 1. The van der Waals surface area contributed by atoms with E-state index in [1.54, 1.807) is 0 Å². The van der Waals surface area contributed by atoms with Crippen LogP contribution in [0.2, 0.25) is 6.04 Å². The lowest BCUT2D eigenvalue weighted by Crippen LogP contribution is -2.46. The van der Waals surface area contributed by atoms with Gasteiger partial charge in [0, 0.05) is 32.4 Å². The highest BCUT2D eigenvalue weighted by Gasteiger charge is 2.39. The first kappa shape index (κ1) is 23.4. The molecule has 0 heterocycles. The molecule has 1 N–H and O–H groups in total. The van der Waals surface area contributed by atoms with Crippen molar-refractivity contribution in [2.24, 2.45) is 5.92 Å². The maximum Gasteiger partial charge on any atom is 0.500 e. The van der Waals surface area contributed by atoms with Gasteiger partial charge in [-0.15, -0.1) is 0 Å². The maximum atomic E-state index is 11.6. The van der Waals surface area contributed by atoms with Gasteiger partial charge in [-0.2, -0.15) is 0 Å². The van der Waals surface area contributed by atoms with Crippen LogP contribution in [0.25, 0.3) is 0 Å². The standard InChI is InChI=1S/C17H37NO5Si/c1-6-16(5)12-10-14-20-17(19)18-13-11-15-24(21-7-2,22-8-3)23-9-4/h16H,6-15H2,1-5H3,(H,18,19). The first-order valence-electron chi connectivity index (χ1n) is 9.35. The van der Waals surface area contributed by atoms with E-state index < -0.39 is 8.80 Å². The van der Waals surface area contributed by atoms with E-state index in [9.17, 15) is 4.79 Å². The van der Waals surface area contributed by atoms with Crippen molar-refractivity contribution in [2.75, 3.05) is 33.0 Å². The molecule has 0 bridgehead atoms. The molecule has 144 valence electrons. The van der Waals surface area contributed by atoms with Crippen molar-refractivity contribution in [2.45, 2.75) is 66.3 Å². The lowest BCUT2D eigenvalue weighted by molar-refractivity contribution is 0.0706. The van der Waals surface area contributed by atoms with Crippen LogP contribution in [0.5, 0.6) is 0 Å². The number of hydrogen-bond donors (Lipinski definition) is 1. The van der Waals surface area contributed by atoms with Crippen molar-refractivity contribution >= 4 is 14.9 Å². The van der Waals surface area contributed by atoms with Crippen LogP contribution >= 0.6 is 0 Å². The zero-order valence-electron chi connectivity index (χ0n) is 16.2. The van der Waals surface area contributed by atoms with Gasteiger partial charge in [-0.25, -0.2) is 4.79 Å². The topological polar surface area (TPSA) is 66.0 Å². The molecule has 0 saturated heterocycles. The van der Waals surface area contributed by atoms with Gasteiger partial charge < -0.3 is 23.3 Å². The predicted molar refractivity (Wildman–Crippen MR) is 98.1 cm³/mol. The average molecular weight is 364 g/mol. The quantitative estimate of drug-likeness (QED) is 0.352. The van der Waals surface area contributed by atoms with Gasteiger partial charge in [-0.05, 0) is 46.0 Å². The summed E-state index contributed by atoms with van der Waals surface area (Å²) in [6.45, 7) is 12.9. The zero-order valence-corrected chi connectivity index (χ0v) is 17.2. The summed E-state index contributed by atoms with van der Waals surface area (Å²) >= 11 is 0. The Hall–Kier alpha value is -0.633. The van der Waals surface area contributed by atoms with E-state index in [1.807, 2.05) is 20.8 Å². The SMILES string of the molecule is CCO[Si](CCCNC(=O)OCCCC(C)CC)(OCC)OCC. The van der Waals surface area contributed by atoms with Crippen molar-refractivity contribution in [3.8, 4) is 0 Å². The average Bonchev–Trinajstić information content (AvgIpc) is 2.56. The summed E-state index contributed by atoms with van der Waals surface area (Å²) in [6.07, 6.45) is 3.56. The van der Waals surface area contributed by atoms with Crippen molar-refractivity contribution in [3.05, 3.63) is 0 Å². The fraction of sp³-hybridized carbons (Fsp3) is 0.941. The van der Waals surface area contributed by atoms with Crippen LogP contribution in [0.3, 0.4) is 0 Å². The predicted octanol–water partition coefficient (Wildman–Crippen LogP) is 3.98. The van der Waals surface area contributed by atoms with E-state index in [0.29, 0.717) is 44.9 Å². The second-order valence-corrected chi connectivity index (χ2v) is 8.54. The van der Waals surface area contributed by atoms with E-state index in [2.05, 4.69) is 19.2 Å². The largest absolute Gasteiger partial charge is 0.500 e. The second-order valence-electron chi connectivity index (χ2n) is 5.80. The first-order valence-corrected chi connectivity index (χ1v) is 11.3. The van der Waals surface area contributed by atoms with Crippen LogP contribution in [-0.4, -0.2) is 47.9 Å². The normalized spacial score (nSPS) is 12.9. The summed E-state index contributed by atoms with van der Waals surface area (Å²) in [5.41, 5.74) is 0. The molecule has 0 aromatic rings. The molecule has 1 amide bonds. The van der Waals surface area contributed by atoms with Gasteiger partial charge in [0.05, 0.1) is 6.61 Å². The Morgan fingerprint density at radius 1 is 1.00 bits per heavy atom. The minimum absolute atomic E-state index is 0.351. The Morgan fingerprint density at radius 3 is 2.08 bits per heavy atom. The van der Waals surface area contributed by atoms with Crippen molar-refractivity contribution in [1.29, 1.82) is 0 Å². The molecule has 1 unspecified atom stereocenters. The third-order valence-corrected chi connectivity index (χ3v) is 6.94. The number of hydrogen-bond acceptors (Lipinski definition) is 5. The fourth-order valence-corrected chi connectivity index (χ4v) is 4.96. The molecule has 0 fully saturated rings.